The molecule has 18 heavy (non-hydrogen) atoms. The summed E-state index contributed by atoms with van der Waals surface area (Å²) in [6.45, 7) is 1.76. The molecule has 0 unspecified atom stereocenters. The van der Waals surface area contributed by atoms with Crippen LogP contribution >= 0.6 is 0 Å². The minimum Gasteiger partial charge on any atom is -0.497 e. The van der Waals surface area contributed by atoms with Crippen LogP contribution in [0.3, 0.4) is 0 Å². The fourth-order valence-electron chi connectivity index (χ4n) is 1.62. The molecule has 0 aliphatic heterocycles. The lowest BCUT2D eigenvalue weighted by molar-refractivity contribution is 0.415. The molecule has 0 heterocycles. The number of methoxy groups -OCH3 is 1. The van der Waals surface area contributed by atoms with E-state index in [-0.39, 0.29) is 5.82 Å². The highest BCUT2D eigenvalue weighted by molar-refractivity contribution is 5.69. The third-order valence-corrected chi connectivity index (χ3v) is 2.78. The molecule has 92 valence electrons. The van der Waals surface area contributed by atoms with Gasteiger partial charge in [0, 0.05) is 0 Å². The van der Waals surface area contributed by atoms with E-state index in [0.717, 1.165) is 16.9 Å². The summed E-state index contributed by atoms with van der Waals surface area (Å²) in [5.41, 5.74) is 2.57. The van der Waals surface area contributed by atoms with Crippen LogP contribution in [0.1, 0.15) is 16.7 Å². The fraction of sp³-hybridized carbons (Fsp3) is 0.125. The topological polar surface area (TPSA) is 9.23 Å². The number of halogens is 1. The van der Waals surface area contributed by atoms with Crippen LogP contribution in [0.5, 0.6) is 5.75 Å². The van der Waals surface area contributed by atoms with Gasteiger partial charge in [0.05, 0.1) is 7.11 Å². The smallest absolute Gasteiger partial charge is 0.126 e. The van der Waals surface area contributed by atoms with Crippen molar-refractivity contribution >= 4 is 12.2 Å². The van der Waals surface area contributed by atoms with Crippen LogP contribution in [0.2, 0.25) is 0 Å². The molecular weight excluding hydrogens is 227 g/mol. The first-order chi connectivity index (χ1) is 8.69. The SMILES string of the molecule is COc1ccc(/C=C/c2ccc(C)c(F)c2)cc1. The lowest BCUT2D eigenvalue weighted by Crippen LogP contribution is -1.83. The van der Waals surface area contributed by atoms with Gasteiger partial charge in [-0.15, -0.1) is 0 Å². The van der Waals surface area contributed by atoms with E-state index < -0.39 is 0 Å². The summed E-state index contributed by atoms with van der Waals surface area (Å²) in [4.78, 5) is 0. The summed E-state index contributed by atoms with van der Waals surface area (Å²) in [5, 5.41) is 0. The van der Waals surface area contributed by atoms with Crippen molar-refractivity contribution in [2.45, 2.75) is 6.92 Å². The van der Waals surface area contributed by atoms with E-state index in [4.69, 9.17) is 4.74 Å². The van der Waals surface area contributed by atoms with E-state index >= 15 is 0 Å². The Hall–Kier alpha value is -2.09. The van der Waals surface area contributed by atoms with E-state index in [1.54, 1.807) is 20.1 Å². The zero-order chi connectivity index (χ0) is 13.0. The minimum atomic E-state index is -0.174. The summed E-state index contributed by atoms with van der Waals surface area (Å²) in [5.74, 6) is 0.653. The molecule has 2 rings (SSSR count). The second-order valence-electron chi connectivity index (χ2n) is 4.12. The van der Waals surface area contributed by atoms with Crippen LogP contribution in [-0.2, 0) is 0 Å². The van der Waals surface area contributed by atoms with Gasteiger partial charge >= 0.3 is 0 Å². The Bertz CT molecular complexity index is 556. The molecular formula is C16H15FO. The van der Waals surface area contributed by atoms with Crippen LogP contribution in [-0.4, -0.2) is 7.11 Å². The van der Waals surface area contributed by atoms with Crippen molar-refractivity contribution in [3.63, 3.8) is 0 Å². The average Bonchev–Trinajstić information content (AvgIpc) is 2.41. The first kappa shape index (κ1) is 12.4. The molecule has 0 amide bonds. The number of hydrogen-bond donors (Lipinski definition) is 0. The molecule has 0 radical (unpaired) electrons. The molecule has 0 bridgehead atoms. The van der Waals surface area contributed by atoms with Crippen molar-refractivity contribution in [1.29, 1.82) is 0 Å². The summed E-state index contributed by atoms with van der Waals surface area (Å²) in [6.07, 6.45) is 3.84. The maximum Gasteiger partial charge on any atom is 0.126 e. The molecule has 2 heteroatoms. The molecule has 1 nitrogen and oxygen atoms in total. The third kappa shape index (κ3) is 2.98. The first-order valence-corrected chi connectivity index (χ1v) is 5.77. The normalized spacial score (nSPS) is 10.8. The molecule has 0 aliphatic carbocycles. The van der Waals surface area contributed by atoms with Crippen molar-refractivity contribution < 1.29 is 9.13 Å². The lowest BCUT2D eigenvalue weighted by atomic mass is 10.1. The number of hydrogen-bond acceptors (Lipinski definition) is 1. The van der Waals surface area contributed by atoms with Gasteiger partial charge in [-0.05, 0) is 41.8 Å². The van der Waals surface area contributed by atoms with E-state index in [0.29, 0.717) is 5.56 Å². The van der Waals surface area contributed by atoms with Crippen molar-refractivity contribution in [2.24, 2.45) is 0 Å². The second kappa shape index (κ2) is 5.50. The number of benzene rings is 2. The Balaban J connectivity index is 2.16. The van der Waals surface area contributed by atoms with E-state index in [2.05, 4.69) is 0 Å². The predicted molar refractivity (Wildman–Crippen MR) is 73.1 cm³/mol. The molecule has 0 saturated carbocycles. The molecule has 2 aromatic carbocycles. The monoisotopic (exact) mass is 242 g/mol. The van der Waals surface area contributed by atoms with Crippen molar-refractivity contribution in [1.82, 2.24) is 0 Å². The number of aryl methyl sites for hydroxylation is 1. The largest absolute Gasteiger partial charge is 0.497 e. The molecule has 0 spiro atoms. The molecule has 0 saturated heterocycles. The van der Waals surface area contributed by atoms with Gasteiger partial charge in [0.1, 0.15) is 11.6 Å². The molecule has 0 aliphatic rings. The Kier molecular flexibility index (Phi) is 3.78. The maximum atomic E-state index is 13.4. The lowest BCUT2D eigenvalue weighted by Gasteiger charge is -2.00. The highest BCUT2D eigenvalue weighted by Gasteiger charge is 1.96. The van der Waals surface area contributed by atoms with E-state index in [9.17, 15) is 4.39 Å². The van der Waals surface area contributed by atoms with Gasteiger partial charge in [-0.2, -0.15) is 0 Å². The van der Waals surface area contributed by atoms with E-state index in [1.165, 1.54) is 6.07 Å². The van der Waals surface area contributed by atoms with Gasteiger partial charge in [-0.25, -0.2) is 4.39 Å². The van der Waals surface area contributed by atoms with Crippen LogP contribution in [0, 0.1) is 12.7 Å². The molecule has 0 atom stereocenters. The van der Waals surface area contributed by atoms with Crippen LogP contribution < -0.4 is 4.74 Å². The Morgan fingerprint density at radius 3 is 2.17 bits per heavy atom. The maximum absolute atomic E-state index is 13.4. The van der Waals surface area contributed by atoms with Gasteiger partial charge in [0.15, 0.2) is 0 Å². The van der Waals surface area contributed by atoms with Gasteiger partial charge in [0.25, 0.3) is 0 Å². The average molecular weight is 242 g/mol. The number of ether oxygens (including phenoxy) is 1. The minimum absolute atomic E-state index is 0.174. The van der Waals surface area contributed by atoms with Gasteiger partial charge in [-0.1, -0.05) is 36.4 Å². The standard InChI is InChI=1S/C16H15FO/c1-12-3-4-14(11-16(12)17)6-5-13-7-9-15(18-2)10-8-13/h3-11H,1-2H3/b6-5+. The Morgan fingerprint density at radius 1 is 0.944 bits per heavy atom. The third-order valence-electron chi connectivity index (χ3n) is 2.78. The second-order valence-corrected chi connectivity index (χ2v) is 4.12. The number of rotatable bonds is 3. The van der Waals surface area contributed by atoms with Gasteiger partial charge in [-0.3, -0.25) is 0 Å². The summed E-state index contributed by atoms with van der Waals surface area (Å²) in [6, 6.07) is 12.9. The van der Waals surface area contributed by atoms with Crippen LogP contribution in [0.15, 0.2) is 42.5 Å². The summed E-state index contributed by atoms with van der Waals surface area (Å²) in [7, 11) is 1.64. The van der Waals surface area contributed by atoms with Gasteiger partial charge < -0.3 is 4.74 Å². The summed E-state index contributed by atoms with van der Waals surface area (Å²) >= 11 is 0. The van der Waals surface area contributed by atoms with E-state index in [1.807, 2.05) is 42.5 Å². The van der Waals surface area contributed by atoms with Crippen LogP contribution in [0.25, 0.3) is 12.2 Å². The summed E-state index contributed by atoms with van der Waals surface area (Å²) < 4.78 is 18.4. The zero-order valence-corrected chi connectivity index (χ0v) is 10.5. The van der Waals surface area contributed by atoms with Crippen molar-refractivity contribution in [3.8, 4) is 5.75 Å². The van der Waals surface area contributed by atoms with Gasteiger partial charge in [0.2, 0.25) is 0 Å². The van der Waals surface area contributed by atoms with Crippen LogP contribution in [0.4, 0.5) is 4.39 Å². The highest BCUT2D eigenvalue weighted by atomic mass is 19.1. The molecule has 2 aromatic rings. The zero-order valence-electron chi connectivity index (χ0n) is 10.5. The van der Waals surface area contributed by atoms with Crippen molar-refractivity contribution in [2.75, 3.05) is 7.11 Å². The molecule has 0 N–H and O–H groups in total. The molecule has 0 fully saturated rings. The quantitative estimate of drug-likeness (QED) is 0.728. The highest BCUT2D eigenvalue weighted by Crippen LogP contribution is 2.15. The first-order valence-electron chi connectivity index (χ1n) is 5.77. The Labute approximate surface area is 107 Å². The van der Waals surface area contributed by atoms with Crippen molar-refractivity contribution in [3.05, 3.63) is 65.0 Å². The molecule has 0 aromatic heterocycles. The predicted octanol–water partition coefficient (Wildman–Crippen LogP) is 4.31. The fourth-order valence-corrected chi connectivity index (χ4v) is 1.62. The Morgan fingerprint density at radius 2 is 1.56 bits per heavy atom.